The molecule has 0 saturated carbocycles. The van der Waals surface area contributed by atoms with Gasteiger partial charge < -0.3 is 19.9 Å². The van der Waals surface area contributed by atoms with E-state index in [1.807, 2.05) is 18.4 Å². The Morgan fingerprint density at radius 1 is 1.24 bits per heavy atom. The van der Waals surface area contributed by atoms with Crippen LogP contribution >= 0.6 is 11.8 Å². The normalized spacial score (nSPS) is 10.4. The first-order chi connectivity index (χ1) is 8.26. The Hall–Kier alpha value is -0.910. The number of hydrogen-bond donors (Lipinski definition) is 2. The third-order valence-electron chi connectivity index (χ3n) is 2.39. The summed E-state index contributed by atoms with van der Waals surface area (Å²) in [6, 6.07) is 3.94. The lowest BCUT2D eigenvalue weighted by Crippen LogP contribution is -2.18. The Balaban J connectivity index is 2.93. The Kier molecular flexibility index (Phi) is 6.18. The quantitative estimate of drug-likeness (QED) is 0.573. The van der Waals surface area contributed by atoms with Crippen molar-refractivity contribution in [1.82, 2.24) is 5.32 Å². The fourth-order valence-electron chi connectivity index (χ4n) is 1.53. The molecule has 0 saturated heterocycles. The van der Waals surface area contributed by atoms with E-state index in [2.05, 4.69) is 5.32 Å². The Morgan fingerprint density at radius 3 is 2.41 bits per heavy atom. The van der Waals surface area contributed by atoms with E-state index in [0.717, 1.165) is 22.0 Å². The first-order valence-electron chi connectivity index (χ1n) is 5.37. The molecule has 0 spiro atoms. The summed E-state index contributed by atoms with van der Waals surface area (Å²) in [7, 11) is 3.26. The van der Waals surface area contributed by atoms with Gasteiger partial charge in [0.05, 0.1) is 20.8 Å². The maximum Gasteiger partial charge on any atom is 0.161 e. The van der Waals surface area contributed by atoms with Gasteiger partial charge in [-0.1, -0.05) is 0 Å². The molecule has 96 valence electrons. The maximum absolute atomic E-state index is 8.74. The molecular weight excluding hydrogens is 238 g/mol. The monoisotopic (exact) mass is 257 g/mol. The van der Waals surface area contributed by atoms with Gasteiger partial charge in [0.1, 0.15) is 0 Å². The highest BCUT2D eigenvalue weighted by molar-refractivity contribution is 7.98. The zero-order chi connectivity index (χ0) is 12.7. The number of ether oxygens (including phenoxy) is 2. The summed E-state index contributed by atoms with van der Waals surface area (Å²) >= 11 is 1.66. The molecule has 0 fully saturated rings. The minimum absolute atomic E-state index is 0.141. The lowest BCUT2D eigenvalue weighted by molar-refractivity contribution is 0.291. The molecule has 1 rings (SSSR count). The Bertz CT molecular complexity index is 358. The van der Waals surface area contributed by atoms with Crippen molar-refractivity contribution in [3.05, 3.63) is 17.7 Å². The fourth-order valence-corrected chi connectivity index (χ4v) is 2.15. The summed E-state index contributed by atoms with van der Waals surface area (Å²) in [6.07, 6.45) is 2.02. The minimum atomic E-state index is 0.141. The van der Waals surface area contributed by atoms with E-state index in [1.54, 1.807) is 26.0 Å². The van der Waals surface area contributed by atoms with E-state index in [4.69, 9.17) is 14.6 Å². The molecule has 1 aromatic carbocycles. The van der Waals surface area contributed by atoms with E-state index in [0.29, 0.717) is 13.1 Å². The molecule has 0 aliphatic rings. The van der Waals surface area contributed by atoms with E-state index in [-0.39, 0.29) is 6.61 Å². The van der Waals surface area contributed by atoms with Gasteiger partial charge in [0.15, 0.2) is 11.5 Å². The molecule has 2 N–H and O–H groups in total. The molecule has 0 aromatic heterocycles. The molecule has 0 unspecified atom stereocenters. The highest BCUT2D eigenvalue weighted by atomic mass is 32.2. The number of aliphatic hydroxyl groups excluding tert-OH is 1. The summed E-state index contributed by atoms with van der Waals surface area (Å²) in [5, 5.41) is 11.9. The van der Waals surface area contributed by atoms with Crippen LogP contribution in [0.3, 0.4) is 0 Å². The first kappa shape index (κ1) is 14.2. The average molecular weight is 257 g/mol. The van der Waals surface area contributed by atoms with Crippen LogP contribution in [0.4, 0.5) is 0 Å². The van der Waals surface area contributed by atoms with Crippen LogP contribution in [0.1, 0.15) is 5.56 Å². The van der Waals surface area contributed by atoms with Gasteiger partial charge in [-0.05, 0) is 24.0 Å². The second kappa shape index (κ2) is 7.42. The van der Waals surface area contributed by atoms with Crippen LogP contribution < -0.4 is 14.8 Å². The zero-order valence-corrected chi connectivity index (χ0v) is 11.3. The molecule has 0 amide bonds. The van der Waals surface area contributed by atoms with Crippen LogP contribution in [-0.4, -0.2) is 38.7 Å². The molecule has 4 nitrogen and oxygen atoms in total. The third-order valence-corrected chi connectivity index (χ3v) is 3.21. The van der Waals surface area contributed by atoms with E-state index in [9.17, 15) is 0 Å². The van der Waals surface area contributed by atoms with Crippen LogP contribution in [0.15, 0.2) is 17.0 Å². The highest BCUT2D eigenvalue weighted by Gasteiger charge is 2.10. The summed E-state index contributed by atoms with van der Waals surface area (Å²) < 4.78 is 10.5. The second-order valence-electron chi connectivity index (χ2n) is 3.42. The number of nitrogens with one attached hydrogen (secondary N) is 1. The molecule has 0 radical (unpaired) electrons. The van der Waals surface area contributed by atoms with Crippen molar-refractivity contribution in [1.29, 1.82) is 0 Å². The van der Waals surface area contributed by atoms with E-state index >= 15 is 0 Å². The average Bonchev–Trinajstić information content (AvgIpc) is 2.38. The van der Waals surface area contributed by atoms with Crippen LogP contribution in [0.2, 0.25) is 0 Å². The van der Waals surface area contributed by atoms with Crippen molar-refractivity contribution >= 4 is 11.8 Å². The van der Waals surface area contributed by atoms with Crippen LogP contribution in [0.25, 0.3) is 0 Å². The molecule has 0 aliphatic heterocycles. The zero-order valence-electron chi connectivity index (χ0n) is 10.4. The predicted octanol–water partition coefficient (Wildman–Crippen LogP) is 1.51. The molecular formula is C12H19NO3S. The molecule has 1 aromatic rings. The van der Waals surface area contributed by atoms with Gasteiger partial charge in [0, 0.05) is 18.0 Å². The lowest BCUT2D eigenvalue weighted by atomic mass is 10.2. The van der Waals surface area contributed by atoms with Gasteiger partial charge in [-0.3, -0.25) is 0 Å². The standard InChI is InChI=1S/C12H19NO3S/c1-15-10-6-9(8-13-4-5-14)12(17-3)7-11(10)16-2/h6-7,13-14H,4-5,8H2,1-3H3. The van der Waals surface area contributed by atoms with Crippen molar-refractivity contribution in [3.63, 3.8) is 0 Å². The smallest absolute Gasteiger partial charge is 0.161 e. The first-order valence-corrected chi connectivity index (χ1v) is 6.59. The van der Waals surface area contributed by atoms with Crippen molar-refractivity contribution in [2.75, 3.05) is 33.6 Å². The van der Waals surface area contributed by atoms with Crippen molar-refractivity contribution < 1.29 is 14.6 Å². The minimum Gasteiger partial charge on any atom is -0.493 e. The number of methoxy groups -OCH3 is 2. The van der Waals surface area contributed by atoms with Crippen molar-refractivity contribution in [2.45, 2.75) is 11.4 Å². The van der Waals surface area contributed by atoms with Gasteiger partial charge in [-0.25, -0.2) is 0 Å². The lowest BCUT2D eigenvalue weighted by Gasteiger charge is -2.14. The van der Waals surface area contributed by atoms with Crippen LogP contribution in [0.5, 0.6) is 11.5 Å². The summed E-state index contributed by atoms with van der Waals surface area (Å²) in [5.74, 6) is 1.47. The fraction of sp³-hybridized carbons (Fsp3) is 0.500. The maximum atomic E-state index is 8.74. The van der Waals surface area contributed by atoms with Crippen molar-refractivity contribution in [3.8, 4) is 11.5 Å². The van der Waals surface area contributed by atoms with Gasteiger partial charge in [0.2, 0.25) is 0 Å². The SMILES string of the molecule is COc1cc(CNCCO)c(SC)cc1OC. The van der Waals surface area contributed by atoms with Gasteiger partial charge >= 0.3 is 0 Å². The van der Waals surface area contributed by atoms with Gasteiger partial charge in [0.25, 0.3) is 0 Å². The highest BCUT2D eigenvalue weighted by Crippen LogP contribution is 2.34. The topological polar surface area (TPSA) is 50.7 Å². The summed E-state index contributed by atoms with van der Waals surface area (Å²) in [4.78, 5) is 1.15. The third kappa shape index (κ3) is 3.80. The number of hydrogen-bond acceptors (Lipinski definition) is 5. The van der Waals surface area contributed by atoms with E-state index in [1.165, 1.54) is 0 Å². The Labute approximate surface area is 106 Å². The largest absolute Gasteiger partial charge is 0.493 e. The van der Waals surface area contributed by atoms with Crippen molar-refractivity contribution in [2.24, 2.45) is 0 Å². The summed E-state index contributed by atoms with van der Waals surface area (Å²) in [6.45, 7) is 1.43. The molecule has 5 heteroatoms. The van der Waals surface area contributed by atoms with Crippen LogP contribution in [0, 0.1) is 0 Å². The number of aliphatic hydroxyl groups is 1. The van der Waals surface area contributed by atoms with Gasteiger partial charge in [-0.2, -0.15) is 0 Å². The molecule has 0 atom stereocenters. The predicted molar refractivity (Wildman–Crippen MR) is 70.1 cm³/mol. The molecule has 0 aliphatic carbocycles. The number of thioether (sulfide) groups is 1. The number of rotatable bonds is 7. The van der Waals surface area contributed by atoms with E-state index < -0.39 is 0 Å². The molecule has 0 heterocycles. The number of benzene rings is 1. The molecule has 0 bridgehead atoms. The van der Waals surface area contributed by atoms with Gasteiger partial charge in [-0.15, -0.1) is 11.8 Å². The van der Waals surface area contributed by atoms with Crippen LogP contribution in [-0.2, 0) is 6.54 Å². The molecule has 17 heavy (non-hydrogen) atoms. The summed E-state index contributed by atoms with van der Waals surface area (Å²) in [5.41, 5.74) is 1.14. The second-order valence-corrected chi connectivity index (χ2v) is 4.27. The Morgan fingerprint density at radius 2 is 1.88 bits per heavy atom.